The number of aliphatic carboxylic acids is 1. The van der Waals surface area contributed by atoms with E-state index >= 15 is 0 Å². The molecule has 3 atom stereocenters. The van der Waals surface area contributed by atoms with E-state index in [0.717, 1.165) is 23.6 Å². The molecule has 1 unspecified atom stereocenters. The Morgan fingerprint density at radius 1 is 1.14 bits per heavy atom. The van der Waals surface area contributed by atoms with Crippen LogP contribution in [0.15, 0.2) is 35.5 Å². The molecule has 0 radical (unpaired) electrons. The number of amides is 6. The molecule has 0 spiro atoms. The number of urea groups is 1. The normalized spacial score (nSPS) is 21.9. The summed E-state index contributed by atoms with van der Waals surface area (Å²) in [4.78, 5) is 91.0. The fraction of sp³-hybridized carbons (Fsp3) is 0.400. The van der Waals surface area contributed by atoms with Gasteiger partial charge in [-0.2, -0.15) is 5.48 Å². The number of carbonyl (C=O) groups excluding carboxylic acids is 6. The molecule has 0 bridgehead atoms. The Bertz CT molecular complexity index is 1430. The average molecular weight is 645 g/mol. The monoisotopic (exact) mass is 644 g/mol. The van der Waals surface area contributed by atoms with E-state index in [0.29, 0.717) is 4.90 Å². The summed E-state index contributed by atoms with van der Waals surface area (Å²) in [5, 5.41) is 33.1. The van der Waals surface area contributed by atoms with E-state index in [-0.39, 0.29) is 73.3 Å². The molecule has 44 heavy (non-hydrogen) atoms. The van der Waals surface area contributed by atoms with Crippen LogP contribution in [0, 0.1) is 0 Å². The number of aromatic hydroxyl groups is 1. The van der Waals surface area contributed by atoms with Crippen LogP contribution in [-0.2, 0) is 33.5 Å². The maximum absolute atomic E-state index is 13.7. The number of likely N-dealkylation sites (N-methyl/N-ethyl adjacent to an activating group) is 1. The number of nitrogens with one attached hydrogen (secondary N) is 3. The number of fused-ring (bicyclic) bond motifs is 1. The molecule has 2 fully saturated rings. The molecule has 4 rings (SSSR count). The molecular weight excluding hydrogens is 615 g/mol. The van der Waals surface area contributed by atoms with Crippen LogP contribution in [-0.4, -0.2) is 115 Å². The molecule has 6 amide bonds. The Labute approximate surface area is 277 Å². The van der Waals surface area contributed by atoms with Crippen molar-refractivity contribution >= 4 is 53.4 Å². The summed E-state index contributed by atoms with van der Waals surface area (Å²) in [6.45, 7) is 2.58. The maximum Gasteiger partial charge on any atom is 1.00 e. The Morgan fingerprint density at radius 2 is 1.80 bits per heavy atom. The second-order valence-electron chi connectivity index (χ2n) is 9.60. The number of carbonyl (C=O) groups is 7. The Kier molecular flexibility index (Phi) is 11.0. The molecule has 3 aliphatic heterocycles. The predicted octanol–water partition coefficient (Wildman–Crippen LogP) is -4.44. The fourth-order valence-electron chi connectivity index (χ4n) is 4.77. The van der Waals surface area contributed by atoms with Crippen molar-refractivity contribution in [3.63, 3.8) is 0 Å². The zero-order chi connectivity index (χ0) is 31.6. The minimum absolute atomic E-state index is 0. The van der Waals surface area contributed by atoms with Crippen molar-refractivity contribution in [3.05, 3.63) is 41.1 Å². The van der Waals surface area contributed by atoms with Crippen LogP contribution in [0.2, 0.25) is 0 Å². The van der Waals surface area contributed by atoms with Gasteiger partial charge >= 0.3 is 59.3 Å². The largest absolute Gasteiger partial charge is 1.00 e. The van der Waals surface area contributed by atoms with E-state index < -0.39 is 71.0 Å². The van der Waals surface area contributed by atoms with Crippen LogP contribution in [0.1, 0.15) is 26.9 Å². The number of hydroxylamine groups is 1. The number of rotatable bonds is 9. The first-order valence-electron chi connectivity index (χ1n) is 12.8. The third-order valence-electron chi connectivity index (χ3n) is 6.99. The molecule has 0 aliphatic carbocycles. The summed E-state index contributed by atoms with van der Waals surface area (Å²) >= 11 is 0.960. The fourth-order valence-corrected chi connectivity index (χ4v) is 6.16. The number of phenolic OH excluding ortho intramolecular Hbond substituents is 1. The summed E-state index contributed by atoms with van der Waals surface area (Å²) < 4.78 is 4.89. The second kappa shape index (κ2) is 14.0. The molecule has 17 nitrogen and oxygen atoms in total. The van der Waals surface area contributed by atoms with Crippen molar-refractivity contribution < 1.29 is 84.7 Å². The number of β-lactam (4-membered cyclic amide) rings is 1. The molecule has 2 saturated heterocycles. The van der Waals surface area contributed by atoms with Crippen molar-refractivity contribution in [2.75, 3.05) is 32.0 Å². The third-order valence-corrected chi connectivity index (χ3v) is 8.39. The van der Waals surface area contributed by atoms with Gasteiger partial charge in [0.2, 0.25) is 11.6 Å². The molecule has 0 saturated carbocycles. The molecule has 6 N–H and O–H groups in total. The number of phenols is 1. The summed E-state index contributed by atoms with van der Waals surface area (Å²) in [6.07, 6.45) is 0. The first kappa shape index (κ1) is 34.8. The molecule has 3 aliphatic rings. The van der Waals surface area contributed by atoms with Crippen molar-refractivity contribution in [3.8, 4) is 5.75 Å². The van der Waals surface area contributed by atoms with Crippen molar-refractivity contribution in [2.45, 2.75) is 30.9 Å². The van der Waals surface area contributed by atoms with Gasteiger partial charge in [-0.3, -0.25) is 33.8 Å². The standard InChI is InChI=1S/C25H28N6O11S.Na.H/c1-3-29-8-9-30(20(36)19(29)35)24(40)26-16(13-4-6-15(33)7-5-13)18(34)27-25(28-41)22(39)31-17(21(37)38)14(10-42-12(2)32)11-43-23(25)31;;/h4-7,16,23,28,33,41H,3,8-11H2,1-2H3,(H,26,40)(H,27,34)(H,37,38);;/q;+1;-1/t16?,23-,25+;;/m1../s1. The molecule has 232 valence electrons. The van der Waals surface area contributed by atoms with Gasteiger partial charge < -0.3 is 37.1 Å². The second-order valence-corrected chi connectivity index (χ2v) is 10.7. The first-order valence-corrected chi connectivity index (χ1v) is 13.9. The molecule has 1 aromatic rings. The van der Waals surface area contributed by atoms with E-state index in [4.69, 9.17) is 4.74 Å². The van der Waals surface area contributed by atoms with Gasteiger partial charge in [0.05, 0.1) is 0 Å². The van der Waals surface area contributed by atoms with Crippen LogP contribution in [0.4, 0.5) is 4.79 Å². The third kappa shape index (κ3) is 6.40. The number of carboxylic acid groups (broad SMARTS) is 1. The quantitative estimate of drug-likeness (QED) is 0.0372. The van der Waals surface area contributed by atoms with Crippen molar-refractivity contribution in [1.82, 2.24) is 30.8 Å². The number of nitrogens with zero attached hydrogens (tertiary/aromatic N) is 3. The number of benzene rings is 1. The van der Waals surface area contributed by atoms with Gasteiger partial charge in [0, 0.05) is 37.9 Å². The molecule has 0 aromatic heterocycles. The number of imide groups is 1. The predicted molar refractivity (Wildman–Crippen MR) is 145 cm³/mol. The summed E-state index contributed by atoms with van der Waals surface area (Å²) in [5.74, 6) is -6.51. The van der Waals surface area contributed by atoms with E-state index in [1.54, 1.807) is 12.4 Å². The van der Waals surface area contributed by atoms with Gasteiger partial charge in [0.25, 0.3) is 5.91 Å². The van der Waals surface area contributed by atoms with Gasteiger partial charge in [0.15, 0.2) is 0 Å². The summed E-state index contributed by atoms with van der Waals surface area (Å²) in [7, 11) is 0. The first-order chi connectivity index (χ1) is 20.4. The van der Waals surface area contributed by atoms with E-state index in [1.165, 1.54) is 29.2 Å². The minimum atomic E-state index is -2.24. The number of ether oxygens (including phenoxy) is 1. The van der Waals surface area contributed by atoms with Gasteiger partial charge in [-0.05, 0) is 24.6 Å². The van der Waals surface area contributed by atoms with E-state index in [1.807, 2.05) is 0 Å². The number of hydrogen-bond donors (Lipinski definition) is 6. The number of thioether (sulfide) groups is 1. The maximum atomic E-state index is 13.7. The number of hydrogen-bond acceptors (Lipinski definition) is 12. The number of carboxylic acids is 1. The van der Waals surface area contributed by atoms with Crippen LogP contribution in [0.5, 0.6) is 5.75 Å². The van der Waals surface area contributed by atoms with Gasteiger partial charge in [-0.1, -0.05) is 12.1 Å². The van der Waals surface area contributed by atoms with Crippen molar-refractivity contribution in [2.24, 2.45) is 0 Å². The topological polar surface area (TPSA) is 235 Å². The summed E-state index contributed by atoms with van der Waals surface area (Å²) in [5.41, 5.74) is -0.745. The van der Waals surface area contributed by atoms with Gasteiger partial charge in [-0.25, -0.2) is 9.59 Å². The zero-order valence-corrected chi connectivity index (χ0v) is 26.7. The van der Waals surface area contributed by atoms with Crippen LogP contribution in [0.25, 0.3) is 0 Å². The van der Waals surface area contributed by atoms with Crippen LogP contribution in [0.3, 0.4) is 0 Å². The van der Waals surface area contributed by atoms with Crippen molar-refractivity contribution in [1.29, 1.82) is 0 Å². The SMILES string of the molecule is CCN1CCN(C(=O)NC(C(=O)N[C@]2(NO)C(=O)N3C(C(=O)O)=C(COC(C)=O)CS[C@@H]32)c2ccc(O)cc2)C(=O)C1=O.[H-].[Na+]. The Morgan fingerprint density at radius 3 is 2.36 bits per heavy atom. The Hall–Kier alpha value is -3.68. The number of piperazine rings is 1. The van der Waals surface area contributed by atoms with E-state index in [2.05, 4.69) is 10.6 Å². The molecular formula is C25H29N6NaO11S. The molecule has 1 aromatic carbocycles. The van der Waals surface area contributed by atoms with Crippen LogP contribution >= 0.6 is 11.8 Å². The Balaban J connectivity index is 0.00000353. The minimum Gasteiger partial charge on any atom is -1.00 e. The smallest absolute Gasteiger partial charge is 1.00 e. The van der Waals surface area contributed by atoms with E-state index in [9.17, 15) is 49.0 Å². The van der Waals surface area contributed by atoms with Crippen LogP contribution < -0.4 is 45.7 Å². The summed E-state index contributed by atoms with van der Waals surface area (Å²) in [6, 6.07) is 2.31. The van der Waals surface area contributed by atoms with Gasteiger partial charge in [0.1, 0.15) is 29.5 Å². The zero-order valence-electron chi connectivity index (χ0n) is 24.9. The number of esters is 1. The average Bonchev–Trinajstić information content (AvgIpc) is 2.98. The van der Waals surface area contributed by atoms with Gasteiger partial charge in [-0.15, -0.1) is 11.8 Å². The molecule has 3 heterocycles. The molecule has 19 heteroatoms.